The van der Waals surface area contributed by atoms with Gasteiger partial charge in [0.25, 0.3) is 11.8 Å². The molecule has 1 aliphatic heterocycles. The summed E-state index contributed by atoms with van der Waals surface area (Å²) in [4.78, 5) is 50.1. The summed E-state index contributed by atoms with van der Waals surface area (Å²) in [6, 6.07) is 13.8. The number of nitrogens with one attached hydrogen (secondary N) is 2. The number of urea groups is 1. The maximum atomic E-state index is 12.8. The normalized spacial score (nSPS) is 18.0. The lowest BCUT2D eigenvalue weighted by atomic mass is 9.91. The topological polar surface area (TPSA) is 105 Å². The van der Waals surface area contributed by atoms with Gasteiger partial charge in [0, 0.05) is 5.69 Å². The monoisotopic (exact) mass is 423 g/mol. The summed E-state index contributed by atoms with van der Waals surface area (Å²) in [5.74, 6) is -1.92. The summed E-state index contributed by atoms with van der Waals surface area (Å²) < 4.78 is 4.94. The minimum atomic E-state index is -1.27. The van der Waals surface area contributed by atoms with Crippen LogP contribution >= 0.6 is 0 Å². The van der Waals surface area contributed by atoms with Gasteiger partial charge in [-0.1, -0.05) is 48.9 Å². The maximum Gasteiger partial charge on any atom is 0.326 e. The van der Waals surface area contributed by atoms with Gasteiger partial charge in [-0.05, 0) is 43.5 Å². The van der Waals surface area contributed by atoms with Crippen LogP contribution in [0.25, 0.3) is 0 Å². The Morgan fingerprint density at radius 2 is 1.71 bits per heavy atom. The Morgan fingerprint density at radius 3 is 2.32 bits per heavy atom. The van der Waals surface area contributed by atoms with E-state index in [1.165, 1.54) is 0 Å². The Labute approximate surface area is 180 Å². The first-order chi connectivity index (χ1) is 14.7. The highest BCUT2D eigenvalue weighted by molar-refractivity contribution is 6.09. The number of nitrogens with zero attached hydrogens (tertiary/aromatic N) is 1. The molecule has 8 nitrogen and oxygen atoms in total. The van der Waals surface area contributed by atoms with Crippen LogP contribution < -0.4 is 10.6 Å². The first-order valence-corrected chi connectivity index (χ1v) is 9.98. The molecule has 162 valence electrons. The van der Waals surface area contributed by atoms with Crippen LogP contribution in [0.3, 0.4) is 0 Å². The molecule has 2 aromatic carbocycles. The quantitative estimate of drug-likeness (QED) is 0.526. The highest BCUT2D eigenvalue weighted by Crippen LogP contribution is 2.28. The van der Waals surface area contributed by atoms with Gasteiger partial charge in [-0.25, -0.2) is 4.79 Å². The van der Waals surface area contributed by atoms with Crippen LogP contribution in [0.15, 0.2) is 48.5 Å². The molecule has 0 unspecified atom stereocenters. The van der Waals surface area contributed by atoms with Crippen molar-refractivity contribution in [2.24, 2.45) is 0 Å². The molecule has 4 amide bonds. The minimum absolute atomic E-state index is 0.515. The molecule has 0 aliphatic carbocycles. The molecule has 0 bridgehead atoms. The molecular formula is C23H25N3O5. The van der Waals surface area contributed by atoms with Gasteiger partial charge in [0.05, 0.1) is 0 Å². The van der Waals surface area contributed by atoms with E-state index in [-0.39, 0.29) is 0 Å². The average molecular weight is 423 g/mol. The number of rotatable bonds is 7. The molecule has 8 heteroatoms. The third kappa shape index (κ3) is 4.91. The molecular weight excluding hydrogens is 398 g/mol. The van der Waals surface area contributed by atoms with Gasteiger partial charge in [0.2, 0.25) is 0 Å². The highest BCUT2D eigenvalue weighted by Gasteiger charge is 2.49. The second-order valence-electron chi connectivity index (χ2n) is 7.57. The minimum Gasteiger partial charge on any atom is -0.454 e. The van der Waals surface area contributed by atoms with E-state index in [0.717, 1.165) is 22.4 Å². The number of anilines is 1. The molecule has 31 heavy (non-hydrogen) atoms. The van der Waals surface area contributed by atoms with E-state index in [0.29, 0.717) is 11.3 Å². The van der Waals surface area contributed by atoms with Gasteiger partial charge in [-0.2, -0.15) is 0 Å². The molecule has 1 atom stereocenters. The predicted octanol–water partition coefficient (Wildman–Crippen LogP) is 2.51. The van der Waals surface area contributed by atoms with Crippen LogP contribution in [-0.2, 0) is 31.1 Å². The Bertz CT molecular complexity index is 1000. The molecule has 2 N–H and O–H groups in total. The van der Waals surface area contributed by atoms with E-state index in [1.54, 1.807) is 31.2 Å². The van der Waals surface area contributed by atoms with Gasteiger partial charge in [0.1, 0.15) is 12.1 Å². The van der Waals surface area contributed by atoms with Crippen LogP contribution in [0.4, 0.5) is 10.5 Å². The van der Waals surface area contributed by atoms with Crippen LogP contribution in [0, 0.1) is 6.92 Å². The third-order valence-corrected chi connectivity index (χ3v) is 5.20. The fourth-order valence-corrected chi connectivity index (χ4v) is 3.26. The van der Waals surface area contributed by atoms with Gasteiger partial charge in [-0.3, -0.25) is 19.3 Å². The van der Waals surface area contributed by atoms with Crippen LogP contribution in [0.5, 0.6) is 0 Å². The molecule has 0 saturated carbocycles. The molecule has 2 aromatic rings. The van der Waals surface area contributed by atoms with Gasteiger partial charge in [-0.15, -0.1) is 0 Å². The number of hydrogen-bond donors (Lipinski definition) is 2. The van der Waals surface area contributed by atoms with E-state index in [1.807, 2.05) is 38.1 Å². The number of carbonyl (C=O) groups excluding carboxylic acids is 4. The number of imide groups is 1. The number of amides is 4. The molecule has 0 spiro atoms. The van der Waals surface area contributed by atoms with E-state index in [9.17, 15) is 19.2 Å². The number of benzene rings is 2. The first-order valence-electron chi connectivity index (χ1n) is 9.98. The molecule has 1 aliphatic rings. The van der Waals surface area contributed by atoms with Crippen molar-refractivity contribution in [3.63, 3.8) is 0 Å². The maximum absolute atomic E-state index is 12.8. The lowest BCUT2D eigenvalue weighted by Crippen LogP contribution is -2.41. The first kappa shape index (κ1) is 22.0. The van der Waals surface area contributed by atoms with Crippen molar-refractivity contribution in [3.8, 4) is 0 Å². The van der Waals surface area contributed by atoms with E-state index < -0.39 is 42.5 Å². The van der Waals surface area contributed by atoms with Crippen molar-refractivity contribution in [1.82, 2.24) is 10.2 Å². The van der Waals surface area contributed by atoms with Crippen LogP contribution in [0.2, 0.25) is 0 Å². The van der Waals surface area contributed by atoms with E-state index >= 15 is 0 Å². The van der Waals surface area contributed by atoms with Crippen molar-refractivity contribution in [1.29, 1.82) is 0 Å². The summed E-state index contributed by atoms with van der Waals surface area (Å²) >= 11 is 0. The lowest BCUT2D eigenvalue weighted by molar-refractivity contribution is -0.150. The number of carbonyl (C=O) groups is 4. The fourth-order valence-electron chi connectivity index (χ4n) is 3.26. The number of esters is 1. The Kier molecular flexibility index (Phi) is 6.39. The summed E-state index contributed by atoms with van der Waals surface area (Å²) in [5.41, 5.74) is 2.08. The summed E-state index contributed by atoms with van der Waals surface area (Å²) in [7, 11) is 0. The summed E-state index contributed by atoms with van der Waals surface area (Å²) in [5, 5.41) is 5.25. The van der Waals surface area contributed by atoms with Gasteiger partial charge in [0.15, 0.2) is 6.61 Å². The Hall–Kier alpha value is -3.68. The number of hydrogen-bond acceptors (Lipinski definition) is 5. The zero-order chi connectivity index (χ0) is 22.6. The van der Waals surface area contributed by atoms with Crippen molar-refractivity contribution in [2.75, 3.05) is 18.5 Å². The van der Waals surface area contributed by atoms with Gasteiger partial charge >= 0.3 is 12.0 Å². The van der Waals surface area contributed by atoms with Crippen molar-refractivity contribution >= 4 is 29.5 Å². The zero-order valence-corrected chi connectivity index (χ0v) is 17.7. The standard InChI is InChI=1S/C23H25N3O5/c1-4-16-7-11-18(12-8-16)24-19(27)14-31-20(28)13-26-21(29)23(3,25-22(26)30)17-9-5-15(2)6-10-17/h5-12H,4,13-14H2,1-3H3,(H,24,27)(H,25,30)/t23-/m1/s1. The Balaban J connectivity index is 1.54. The molecule has 3 rings (SSSR count). The average Bonchev–Trinajstić information content (AvgIpc) is 2.97. The molecule has 0 aromatic heterocycles. The van der Waals surface area contributed by atoms with Crippen molar-refractivity contribution < 1.29 is 23.9 Å². The molecule has 1 fully saturated rings. The van der Waals surface area contributed by atoms with Gasteiger partial charge < -0.3 is 15.4 Å². The lowest BCUT2D eigenvalue weighted by Gasteiger charge is -2.22. The zero-order valence-electron chi connectivity index (χ0n) is 17.7. The van der Waals surface area contributed by atoms with Crippen LogP contribution in [-0.4, -0.2) is 41.9 Å². The fraction of sp³-hybridized carbons (Fsp3) is 0.304. The molecule has 1 saturated heterocycles. The number of aryl methyl sites for hydroxylation is 2. The van der Waals surface area contributed by atoms with Crippen molar-refractivity contribution in [3.05, 3.63) is 65.2 Å². The third-order valence-electron chi connectivity index (χ3n) is 5.20. The molecule has 1 heterocycles. The SMILES string of the molecule is CCc1ccc(NC(=O)COC(=O)CN2C(=O)N[C@](C)(c3ccc(C)cc3)C2=O)cc1. The van der Waals surface area contributed by atoms with Crippen molar-refractivity contribution in [2.45, 2.75) is 32.7 Å². The second kappa shape index (κ2) is 8.99. The van der Waals surface area contributed by atoms with E-state index in [2.05, 4.69) is 10.6 Å². The Morgan fingerprint density at radius 1 is 1.06 bits per heavy atom. The smallest absolute Gasteiger partial charge is 0.326 e. The van der Waals surface area contributed by atoms with Crippen LogP contribution in [0.1, 0.15) is 30.5 Å². The second-order valence-corrected chi connectivity index (χ2v) is 7.57. The van der Waals surface area contributed by atoms with E-state index in [4.69, 9.17) is 4.74 Å². The summed E-state index contributed by atoms with van der Waals surface area (Å²) in [6.07, 6.45) is 0.887. The largest absolute Gasteiger partial charge is 0.454 e. The number of ether oxygens (including phenoxy) is 1. The molecule has 0 radical (unpaired) electrons. The predicted molar refractivity (Wildman–Crippen MR) is 114 cm³/mol. The highest BCUT2D eigenvalue weighted by atomic mass is 16.5. The summed E-state index contributed by atoms with van der Waals surface area (Å²) in [6.45, 7) is 4.43.